The van der Waals surface area contributed by atoms with Crippen molar-refractivity contribution in [1.82, 2.24) is 20.2 Å². The predicted molar refractivity (Wildman–Crippen MR) is 80.3 cm³/mol. The van der Waals surface area contributed by atoms with E-state index in [1.165, 1.54) is 18.4 Å². The Morgan fingerprint density at radius 3 is 2.71 bits per heavy atom. The van der Waals surface area contributed by atoms with Crippen LogP contribution in [0.3, 0.4) is 0 Å². The zero-order valence-electron chi connectivity index (χ0n) is 12.2. The highest BCUT2D eigenvalue weighted by Crippen LogP contribution is 2.27. The molecule has 0 aliphatic heterocycles. The molecule has 1 heterocycles. The van der Waals surface area contributed by atoms with E-state index in [2.05, 4.69) is 20.8 Å². The fourth-order valence-corrected chi connectivity index (χ4v) is 2.86. The first-order chi connectivity index (χ1) is 10.2. The molecule has 0 spiro atoms. The lowest BCUT2D eigenvalue weighted by Gasteiger charge is -2.18. The van der Waals surface area contributed by atoms with Crippen LogP contribution < -0.4 is 5.32 Å². The monoisotopic (exact) mass is 287 g/mol. The molecule has 1 unspecified atom stereocenters. The van der Waals surface area contributed by atoms with E-state index in [0.29, 0.717) is 18.4 Å². The second-order valence-electron chi connectivity index (χ2n) is 5.74. The summed E-state index contributed by atoms with van der Waals surface area (Å²) < 4.78 is 1.65. The zero-order chi connectivity index (χ0) is 14.7. The molecule has 0 radical (unpaired) electrons. The quantitative estimate of drug-likeness (QED) is 0.879. The van der Waals surface area contributed by atoms with Gasteiger partial charge in [0.05, 0.1) is 11.8 Å². The molecule has 1 aliphatic carbocycles. The Morgan fingerprint density at radius 2 is 2.00 bits per heavy atom. The highest BCUT2D eigenvalue weighted by atomic mass is 16.3. The summed E-state index contributed by atoms with van der Waals surface area (Å²) in [4.78, 5) is 0. The molecule has 6 nitrogen and oxygen atoms in total. The van der Waals surface area contributed by atoms with E-state index in [9.17, 15) is 5.11 Å². The lowest BCUT2D eigenvalue weighted by atomic mass is 10.0. The number of hydrogen-bond acceptors (Lipinski definition) is 5. The largest absolute Gasteiger partial charge is 0.391 e. The summed E-state index contributed by atoms with van der Waals surface area (Å²) in [6.45, 7) is 2.53. The molecule has 1 saturated carbocycles. The number of nitrogens with one attached hydrogen (secondary N) is 1. The fourth-order valence-electron chi connectivity index (χ4n) is 2.86. The standard InChI is InChI=1S/C15H21N5O/c1-11-6-8-13(9-7-11)20-15(17-18-19-20)16-10-14(21)12-4-2-3-5-12/h6-9,12,14,21H,2-5,10H2,1H3,(H,16,17,19). The van der Waals surface area contributed by atoms with Gasteiger partial charge < -0.3 is 10.4 Å². The Kier molecular flexibility index (Phi) is 4.15. The summed E-state index contributed by atoms with van der Waals surface area (Å²) >= 11 is 0. The number of aliphatic hydroxyl groups is 1. The van der Waals surface area contributed by atoms with E-state index in [-0.39, 0.29) is 6.10 Å². The molecular weight excluding hydrogens is 266 g/mol. The molecule has 21 heavy (non-hydrogen) atoms. The van der Waals surface area contributed by atoms with Crippen LogP contribution in [0.4, 0.5) is 5.95 Å². The van der Waals surface area contributed by atoms with Gasteiger partial charge in [0.1, 0.15) is 0 Å². The molecule has 0 bridgehead atoms. The molecule has 2 aromatic rings. The minimum absolute atomic E-state index is 0.337. The Morgan fingerprint density at radius 1 is 1.29 bits per heavy atom. The summed E-state index contributed by atoms with van der Waals surface area (Å²) in [5.41, 5.74) is 2.10. The number of aliphatic hydroxyl groups excluding tert-OH is 1. The summed E-state index contributed by atoms with van der Waals surface area (Å²) in [5.74, 6) is 0.970. The zero-order valence-corrected chi connectivity index (χ0v) is 12.2. The average Bonchev–Trinajstić information content (AvgIpc) is 3.17. The average molecular weight is 287 g/mol. The van der Waals surface area contributed by atoms with E-state index >= 15 is 0 Å². The predicted octanol–water partition coefficient (Wildman–Crippen LogP) is 1.93. The molecule has 2 N–H and O–H groups in total. The molecule has 1 aromatic heterocycles. The van der Waals surface area contributed by atoms with Gasteiger partial charge in [-0.2, -0.15) is 4.68 Å². The van der Waals surface area contributed by atoms with Gasteiger partial charge in [-0.25, -0.2) is 0 Å². The minimum Gasteiger partial charge on any atom is -0.391 e. The first-order valence-electron chi connectivity index (χ1n) is 7.51. The third-order valence-electron chi connectivity index (χ3n) is 4.16. The van der Waals surface area contributed by atoms with E-state index in [4.69, 9.17) is 0 Å². The van der Waals surface area contributed by atoms with E-state index in [0.717, 1.165) is 18.5 Å². The van der Waals surface area contributed by atoms with Gasteiger partial charge in [0.2, 0.25) is 5.95 Å². The van der Waals surface area contributed by atoms with Crippen LogP contribution in [0.1, 0.15) is 31.2 Å². The number of aryl methyl sites for hydroxylation is 1. The van der Waals surface area contributed by atoms with Crippen molar-refractivity contribution in [1.29, 1.82) is 0 Å². The molecule has 112 valence electrons. The summed E-state index contributed by atoms with van der Waals surface area (Å²) in [5, 5.41) is 25.1. The number of tetrazole rings is 1. The number of aromatic nitrogens is 4. The Labute approximate surface area is 124 Å². The number of benzene rings is 1. The SMILES string of the molecule is Cc1ccc(-n2nnnc2NCC(O)C2CCCC2)cc1. The Balaban J connectivity index is 1.66. The van der Waals surface area contributed by atoms with Crippen molar-refractivity contribution < 1.29 is 5.11 Å². The summed E-state index contributed by atoms with van der Waals surface area (Å²) in [6.07, 6.45) is 4.35. The summed E-state index contributed by atoms with van der Waals surface area (Å²) in [6, 6.07) is 8.00. The van der Waals surface area contributed by atoms with Crippen molar-refractivity contribution in [2.45, 2.75) is 38.7 Å². The topological polar surface area (TPSA) is 75.9 Å². The molecule has 1 fully saturated rings. The maximum absolute atomic E-state index is 10.2. The molecule has 1 aromatic carbocycles. The fraction of sp³-hybridized carbons (Fsp3) is 0.533. The van der Waals surface area contributed by atoms with Crippen molar-refractivity contribution in [2.24, 2.45) is 5.92 Å². The van der Waals surface area contributed by atoms with E-state index in [1.54, 1.807) is 4.68 Å². The maximum atomic E-state index is 10.2. The van der Waals surface area contributed by atoms with Crippen LogP contribution in [0.2, 0.25) is 0 Å². The molecule has 1 atom stereocenters. The molecule has 6 heteroatoms. The van der Waals surface area contributed by atoms with Crippen molar-refractivity contribution in [2.75, 3.05) is 11.9 Å². The smallest absolute Gasteiger partial charge is 0.247 e. The number of hydrogen-bond donors (Lipinski definition) is 2. The van der Waals surface area contributed by atoms with E-state index in [1.807, 2.05) is 31.2 Å². The van der Waals surface area contributed by atoms with Gasteiger partial charge in [-0.05, 0) is 48.2 Å². The van der Waals surface area contributed by atoms with Gasteiger partial charge in [-0.1, -0.05) is 35.6 Å². The van der Waals surface area contributed by atoms with Crippen LogP contribution in [-0.4, -0.2) is 38.0 Å². The van der Waals surface area contributed by atoms with Gasteiger partial charge >= 0.3 is 0 Å². The maximum Gasteiger partial charge on any atom is 0.247 e. The molecule has 0 amide bonds. The number of rotatable bonds is 5. The van der Waals surface area contributed by atoms with Gasteiger partial charge in [0.15, 0.2) is 0 Å². The Hall–Kier alpha value is -1.95. The Bertz CT molecular complexity index is 574. The number of anilines is 1. The number of nitrogens with zero attached hydrogens (tertiary/aromatic N) is 4. The van der Waals surface area contributed by atoms with E-state index < -0.39 is 0 Å². The minimum atomic E-state index is -0.337. The second kappa shape index (κ2) is 6.22. The van der Waals surface area contributed by atoms with Gasteiger partial charge in [0, 0.05) is 6.54 Å². The van der Waals surface area contributed by atoms with Crippen LogP contribution in [0.15, 0.2) is 24.3 Å². The van der Waals surface area contributed by atoms with Gasteiger partial charge in [-0.15, -0.1) is 0 Å². The normalized spacial score (nSPS) is 17.0. The molecular formula is C15H21N5O. The third kappa shape index (κ3) is 3.21. The van der Waals surface area contributed by atoms with Crippen LogP contribution in [0.25, 0.3) is 5.69 Å². The van der Waals surface area contributed by atoms with Gasteiger partial charge in [0.25, 0.3) is 0 Å². The van der Waals surface area contributed by atoms with Crippen LogP contribution in [0.5, 0.6) is 0 Å². The van der Waals surface area contributed by atoms with Crippen LogP contribution in [0, 0.1) is 12.8 Å². The van der Waals surface area contributed by atoms with Crippen molar-refractivity contribution in [3.8, 4) is 5.69 Å². The lowest BCUT2D eigenvalue weighted by molar-refractivity contribution is 0.122. The second-order valence-corrected chi connectivity index (χ2v) is 5.74. The van der Waals surface area contributed by atoms with Crippen LogP contribution in [-0.2, 0) is 0 Å². The highest BCUT2D eigenvalue weighted by molar-refractivity contribution is 5.39. The summed E-state index contributed by atoms with van der Waals surface area (Å²) in [7, 11) is 0. The molecule has 3 rings (SSSR count). The first kappa shape index (κ1) is 14.0. The van der Waals surface area contributed by atoms with Crippen molar-refractivity contribution in [3.05, 3.63) is 29.8 Å². The third-order valence-corrected chi connectivity index (χ3v) is 4.16. The lowest BCUT2D eigenvalue weighted by Crippen LogP contribution is -2.27. The first-order valence-corrected chi connectivity index (χ1v) is 7.51. The molecule has 0 saturated heterocycles. The highest BCUT2D eigenvalue weighted by Gasteiger charge is 2.23. The van der Waals surface area contributed by atoms with Crippen molar-refractivity contribution in [3.63, 3.8) is 0 Å². The van der Waals surface area contributed by atoms with Gasteiger partial charge in [-0.3, -0.25) is 0 Å². The van der Waals surface area contributed by atoms with Crippen LogP contribution >= 0.6 is 0 Å². The molecule has 1 aliphatic rings. The van der Waals surface area contributed by atoms with Crippen molar-refractivity contribution >= 4 is 5.95 Å².